The summed E-state index contributed by atoms with van der Waals surface area (Å²) in [6.07, 6.45) is 2.21. The van der Waals surface area contributed by atoms with E-state index in [-0.39, 0.29) is 31.6 Å². The molecule has 0 aliphatic heterocycles. The fourth-order valence-electron chi connectivity index (χ4n) is 3.53. The molecule has 0 spiro atoms. The number of carbonyl (C=O) groups is 6. The molecule has 0 fully saturated rings. The highest BCUT2D eigenvalue weighted by Gasteiger charge is 2.30. The Labute approximate surface area is 244 Å². The van der Waals surface area contributed by atoms with Crippen molar-refractivity contribution in [1.82, 2.24) is 26.6 Å². The summed E-state index contributed by atoms with van der Waals surface area (Å²) in [7, 11) is 0. The van der Waals surface area contributed by atoms with Gasteiger partial charge in [0.15, 0.2) is 0 Å². The molecule has 0 saturated heterocycles. The molecule has 0 bridgehead atoms. The smallest absolute Gasteiger partial charge is 0.326 e. The predicted molar refractivity (Wildman–Crippen MR) is 155 cm³/mol. The van der Waals surface area contributed by atoms with E-state index in [0.29, 0.717) is 25.1 Å². The molecule has 0 aromatic heterocycles. The topological polar surface area (TPSA) is 287 Å². The lowest BCUT2D eigenvalue weighted by molar-refractivity contribution is -0.143. The van der Waals surface area contributed by atoms with Crippen LogP contribution in [0.15, 0.2) is 0 Å². The predicted octanol–water partition coefficient (Wildman–Crippen LogP) is -3.40. The van der Waals surface area contributed by atoms with Gasteiger partial charge >= 0.3 is 5.97 Å². The SMILES string of the molecule is CC[C@H](C)[C@H](NC(=O)[C@H](CCSC)NC(=O)CNC(=O)[C@H](CCCNC(N)N)NC(=O)[C@@H](N)CCC(N)=O)C(=O)O. The van der Waals surface area contributed by atoms with Crippen molar-refractivity contribution in [2.45, 2.75) is 82.8 Å². The Morgan fingerprint density at radius 2 is 1.51 bits per heavy atom. The highest BCUT2D eigenvalue weighted by Crippen LogP contribution is 2.09. The molecule has 0 rings (SSSR count). The van der Waals surface area contributed by atoms with Gasteiger partial charge in [-0.15, -0.1) is 0 Å². The fraction of sp³-hybridized carbons (Fsp3) is 0.750. The maximum atomic E-state index is 12.9. The van der Waals surface area contributed by atoms with Gasteiger partial charge in [0.25, 0.3) is 0 Å². The van der Waals surface area contributed by atoms with Crippen molar-refractivity contribution in [3.05, 3.63) is 0 Å². The first-order valence-corrected chi connectivity index (χ1v) is 14.8. The molecule has 0 aliphatic rings. The van der Waals surface area contributed by atoms with Crippen LogP contribution in [0.5, 0.6) is 0 Å². The lowest BCUT2D eigenvalue weighted by atomic mass is 9.99. The van der Waals surface area contributed by atoms with Crippen LogP contribution in [0.1, 0.15) is 52.4 Å². The van der Waals surface area contributed by atoms with Crippen LogP contribution in [0.25, 0.3) is 0 Å². The molecular weight excluding hydrogens is 558 g/mol. The first kappa shape index (κ1) is 38.0. The lowest BCUT2D eigenvalue weighted by Crippen LogP contribution is -2.56. The quantitative estimate of drug-likeness (QED) is 0.0427. The van der Waals surface area contributed by atoms with Gasteiger partial charge in [0, 0.05) is 6.42 Å². The molecule has 0 aromatic rings. The van der Waals surface area contributed by atoms with Gasteiger partial charge in [-0.2, -0.15) is 11.8 Å². The molecule has 16 nitrogen and oxygen atoms in total. The number of carboxylic acids is 1. The molecule has 17 heteroatoms. The maximum absolute atomic E-state index is 12.9. The van der Waals surface area contributed by atoms with E-state index in [0.717, 1.165) is 0 Å². The third-order valence-corrected chi connectivity index (χ3v) is 6.83. The summed E-state index contributed by atoms with van der Waals surface area (Å²) in [5.41, 5.74) is 21.8. The molecule has 0 unspecified atom stereocenters. The summed E-state index contributed by atoms with van der Waals surface area (Å²) >= 11 is 1.44. The van der Waals surface area contributed by atoms with E-state index in [1.807, 2.05) is 6.26 Å². The number of carbonyl (C=O) groups excluding carboxylic acids is 5. The number of nitrogens with two attached hydrogens (primary N) is 4. The van der Waals surface area contributed by atoms with Gasteiger partial charge in [0.05, 0.1) is 12.6 Å². The summed E-state index contributed by atoms with van der Waals surface area (Å²) in [4.78, 5) is 73.5. The summed E-state index contributed by atoms with van der Waals surface area (Å²) in [6.45, 7) is 3.33. The average Bonchev–Trinajstić information content (AvgIpc) is 2.91. The van der Waals surface area contributed by atoms with Gasteiger partial charge in [0.1, 0.15) is 24.4 Å². The minimum atomic E-state index is -1.18. The molecule has 5 amide bonds. The minimum Gasteiger partial charge on any atom is -0.480 e. The Kier molecular flexibility index (Phi) is 19.3. The molecule has 236 valence electrons. The van der Waals surface area contributed by atoms with Crippen LogP contribution in [0.4, 0.5) is 0 Å². The Morgan fingerprint density at radius 1 is 0.878 bits per heavy atom. The summed E-state index contributed by atoms with van der Waals surface area (Å²) in [5, 5.41) is 22.2. The maximum Gasteiger partial charge on any atom is 0.326 e. The number of rotatable bonds is 22. The van der Waals surface area contributed by atoms with Crippen LogP contribution < -0.4 is 49.5 Å². The van der Waals surface area contributed by atoms with Crippen LogP contribution in [-0.4, -0.2) is 96.2 Å². The molecular formula is C24H47N9O7S. The van der Waals surface area contributed by atoms with Crippen molar-refractivity contribution >= 4 is 47.3 Å². The Morgan fingerprint density at radius 3 is 2.05 bits per heavy atom. The lowest BCUT2D eigenvalue weighted by Gasteiger charge is -2.24. The molecule has 0 saturated carbocycles. The zero-order chi connectivity index (χ0) is 31.5. The van der Waals surface area contributed by atoms with E-state index >= 15 is 0 Å². The van der Waals surface area contributed by atoms with E-state index in [9.17, 15) is 33.9 Å². The number of hydrogen-bond donors (Lipinski definition) is 10. The highest BCUT2D eigenvalue weighted by molar-refractivity contribution is 7.98. The van der Waals surface area contributed by atoms with E-state index in [1.54, 1.807) is 13.8 Å². The zero-order valence-electron chi connectivity index (χ0n) is 23.9. The standard InChI is InChI=1S/C24H47N9O7S/c1-4-13(2)19(23(39)40)33-22(38)16(9-11-41-3)31-18(35)12-30-21(37)15(6-5-10-29-24(27)28)32-20(36)14(25)7-8-17(26)34/h13-16,19,24,29H,4-12,25,27-28H2,1-3H3,(H2,26,34)(H,30,37)(H,31,35)(H,32,36)(H,33,38)(H,39,40)/t13-,14-,15-,16-,19-/m0/s1. The van der Waals surface area contributed by atoms with E-state index in [1.165, 1.54) is 11.8 Å². The third-order valence-electron chi connectivity index (χ3n) is 6.18. The number of amides is 5. The number of thioether (sulfide) groups is 1. The van der Waals surface area contributed by atoms with Crippen molar-refractivity contribution in [2.75, 3.05) is 25.1 Å². The van der Waals surface area contributed by atoms with Crippen LogP contribution >= 0.6 is 11.8 Å². The van der Waals surface area contributed by atoms with Crippen LogP contribution in [0.3, 0.4) is 0 Å². The Balaban J connectivity index is 5.30. The summed E-state index contributed by atoms with van der Waals surface area (Å²) in [6, 6.07) is -4.31. The van der Waals surface area contributed by atoms with Gasteiger partial charge in [-0.1, -0.05) is 20.3 Å². The van der Waals surface area contributed by atoms with Crippen LogP contribution in [0, 0.1) is 5.92 Å². The van der Waals surface area contributed by atoms with Crippen molar-refractivity contribution in [3.8, 4) is 0 Å². The Bertz CT molecular complexity index is 878. The highest BCUT2D eigenvalue weighted by atomic mass is 32.2. The summed E-state index contributed by atoms with van der Waals surface area (Å²) in [5.74, 6) is -4.32. The number of carboxylic acid groups (broad SMARTS) is 1. The average molecular weight is 606 g/mol. The first-order chi connectivity index (χ1) is 19.2. The zero-order valence-corrected chi connectivity index (χ0v) is 24.8. The second-order valence-corrected chi connectivity index (χ2v) is 10.6. The number of aliphatic carboxylic acids is 1. The number of hydrogen-bond acceptors (Lipinski definition) is 11. The van der Waals surface area contributed by atoms with Gasteiger partial charge in [-0.05, 0) is 50.2 Å². The van der Waals surface area contributed by atoms with Crippen molar-refractivity contribution in [3.63, 3.8) is 0 Å². The van der Waals surface area contributed by atoms with E-state index < -0.39 is 72.5 Å². The number of primary amides is 1. The second-order valence-electron chi connectivity index (χ2n) is 9.62. The van der Waals surface area contributed by atoms with Gasteiger partial charge in [-0.3, -0.25) is 29.3 Å². The minimum absolute atomic E-state index is 0.0131. The molecule has 5 atom stereocenters. The Hall–Kier alpha value is -2.99. The van der Waals surface area contributed by atoms with Gasteiger partial charge in [-0.25, -0.2) is 4.79 Å². The molecule has 0 heterocycles. The third kappa shape index (κ3) is 16.8. The molecule has 0 radical (unpaired) electrons. The van der Waals surface area contributed by atoms with Crippen molar-refractivity contribution in [1.29, 1.82) is 0 Å². The van der Waals surface area contributed by atoms with Crippen molar-refractivity contribution in [2.24, 2.45) is 28.9 Å². The molecule has 0 aromatic carbocycles. The monoisotopic (exact) mass is 605 g/mol. The largest absolute Gasteiger partial charge is 0.480 e. The summed E-state index contributed by atoms with van der Waals surface area (Å²) < 4.78 is 0. The molecule has 14 N–H and O–H groups in total. The molecule has 41 heavy (non-hydrogen) atoms. The number of nitrogens with one attached hydrogen (secondary N) is 5. The van der Waals surface area contributed by atoms with E-state index in [4.69, 9.17) is 22.9 Å². The normalized spacial score (nSPS) is 14.7. The second kappa shape index (κ2) is 20.8. The first-order valence-electron chi connectivity index (χ1n) is 13.4. The van der Waals surface area contributed by atoms with Crippen LogP contribution in [-0.2, 0) is 28.8 Å². The van der Waals surface area contributed by atoms with Gasteiger partial charge in [0.2, 0.25) is 29.5 Å². The van der Waals surface area contributed by atoms with E-state index in [2.05, 4.69) is 26.6 Å². The van der Waals surface area contributed by atoms with Crippen LogP contribution in [0.2, 0.25) is 0 Å². The van der Waals surface area contributed by atoms with Gasteiger partial charge < -0.3 is 49.3 Å². The van der Waals surface area contributed by atoms with Crippen molar-refractivity contribution < 1.29 is 33.9 Å². The molecule has 0 aliphatic carbocycles. The fourth-order valence-corrected chi connectivity index (χ4v) is 4.00.